The summed E-state index contributed by atoms with van der Waals surface area (Å²) in [6, 6.07) is 12.4. The van der Waals surface area contributed by atoms with Crippen molar-refractivity contribution >= 4 is 0 Å². The van der Waals surface area contributed by atoms with Gasteiger partial charge < -0.3 is 5.11 Å². The first-order valence-electron chi connectivity index (χ1n) is 5.52. The van der Waals surface area contributed by atoms with Gasteiger partial charge >= 0.3 is 0 Å². The van der Waals surface area contributed by atoms with Crippen molar-refractivity contribution in [3.8, 4) is 6.07 Å². The SMILES string of the molecule is C[C@@](C#N)(Cc1ccccc1)N1CC(O)C1. The summed E-state index contributed by atoms with van der Waals surface area (Å²) in [7, 11) is 0. The van der Waals surface area contributed by atoms with Crippen molar-refractivity contribution in [3.63, 3.8) is 0 Å². The lowest BCUT2D eigenvalue weighted by atomic mass is 9.89. The first-order valence-corrected chi connectivity index (χ1v) is 5.52. The Hall–Kier alpha value is -1.37. The fourth-order valence-electron chi connectivity index (χ4n) is 2.07. The Morgan fingerprint density at radius 3 is 2.56 bits per heavy atom. The van der Waals surface area contributed by atoms with Gasteiger partial charge in [0.05, 0.1) is 12.2 Å². The van der Waals surface area contributed by atoms with Gasteiger partial charge in [0.25, 0.3) is 0 Å². The van der Waals surface area contributed by atoms with E-state index < -0.39 is 5.54 Å². The summed E-state index contributed by atoms with van der Waals surface area (Å²) < 4.78 is 0. The predicted molar refractivity (Wildman–Crippen MR) is 61.7 cm³/mol. The predicted octanol–water partition coefficient (Wildman–Crippen LogP) is 1.19. The Bertz CT molecular complexity index is 392. The zero-order chi connectivity index (χ0) is 11.6. The molecular weight excluding hydrogens is 200 g/mol. The largest absolute Gasteiger partial charge is 0.390 e. The lowest BCUT2D eigenvalue weighted by Gasteiger charge is -2.45. The van der Waals surface area contributed by atoms with Gasteiger partial charge in [-0.2, -0.15) is 5.26 Å². The average molecular weight is 216 g/mol. The Labute approximate surface area is 95.9 Å². The second-order valence-corrected chi connectivity index (χ2v) is 4.61. The van der Waals surface area contributed by atoms with Crippen molar-refractivity contribution in [2.24, 2.45) is 0 Å². The van der Waals surface area contributed by atoms with Crippen molar-refractivity contribution in [2.45, 2.75) is 25.0 Å². The van der Waals surface area contributed by atoms with E-state index in [0.29, 0.717) is 19.5 Å². The molecule has 0 saturated carbocycles. The van der Waals surface area contributed by atoms with Crippen LogP contribution in [0.25, 0.3) is 0 Å². The van der Waals surface area contributed by atoms with Crippen LogP contribution in [0.15, 0.2) is 30.3 Å². The highest BCUT2D eigenvalue weighted by atomic mass is 16.3. The number of aliphatic hydroxyl groups is 1. The van der Waals surface area contributed by atoms with E-state index in [0.717, 1.165) is 5.56 Å². The fraction of sp³-hybridized carbons (Fsp3) is 0.462. The van der Waals surface area contributed by atoms with E-state index in [4.69, 9.17) is 0 Å². The highest BCUT2D eigenvalue weighted by Crippen LogP contribution is 2.25. The molecule has 1 atom stereocenters. The summed E-state index contributed by atoms with van der Waals surface area (Å²) in [6.07, 6.45) is 0.445. The summed E-state index contributed by atoms with van der Waals surface area (Å²) in [4.78, 5) is 2.03. The van der Waals surface area contributed by atoms with Gasteiger partial charge in [-0.15, -0.1) is 0 Å². The summed E-state index contributed by atoms with van der Waals surface area (Å²) in [5.74, 6) is 0. The van der Waals surface area contributed by atoms with Gasteiger partial charge in [-0.1, -0.05) is 30.3 Å². The maximum absolute atomic E-state index is 9.29. The molecule has 84 valence electrons. The third-order valence-electron chi connectivity index (χ3n) is 3.19. The standard InChI is InChI=1S/C13H16N2O/c1-13(10-14,15-8-12(16)9-15)7-11-5-3-2-4-6-11/h2-6,12,16H,7-9H2,1H3/t13-/m0/s1. The first-order chi connectivity index (χ1) is 7.64. The maximum Gasteiger partial charge on any atom is 0.110 e. The molecule has 0 amide bonds. The van der Waals surface area contributed by atoms with Gasteiger partial charge in [0, 0.05) is 19.5 Å². The Kier molecular flexibility index (Phi) is 2.95. The molecule has 16 heavy (non-hydrogen) atoms. The number of nitrogens with zero attached hydrogens (tertiary/aromatic N) is 2. The number of likely N-dealkylation sites (tertiary alicyclic amines) is 1. The molecule has 1 fully saturated rings. The van der Waals surface area contributed by atoms with E-state index in [1.165, 1.54) is 0 Å². The van der Waals surface area contributed by atoms with Gasteiger partial charge in [0.1, 0.15) is 5.54 Å². The summed E-state index contributed by atoms with van der Waals surface area (Å²) in [5, 5.41) is 18.6. The van der Waals surface area contributed by atoms with Crippen LogP contribution in [0.5, 0.6) is 0 Å². The highest BCUT2D eigenvalue weighted by Gasteiger charge is 2.39. The van der Waals surface area contributed by atoms with E-state index in [-0.39, 0.29) is 6.10 Å². The monoisotopic (exact) mass is 216 g/mol. The Morgan fingerprint density at radius 1 is 1.44 bits per heavy atom. The van der Waals surface area contributed by atoms with Crippen molar-refractivity contribution in [1.29, 1.82) is 5.26 Å². The molecule has 1 aromatic rings. The van der Waals surface area contributed by atoms with E-state index in [9.17, 15) is 10.4 Å². The summed E-state index contributed by atoms with van der Waals surface area (Å²) in [5.41, 5.74) is 0.661. The fourth-order valence-corrected chi connectivity index (χ4v) is 2.07. The molecule has 3 nitrogen and oxygen atoms in total. The molecule has 2 rings (SSSR count). The Morgan fingerprint density at radius 2 is 2.06 bits per heavy atom. The maximum atomic E-state index is 9.29. The van der Waals surface area contributed by atoms with E-state index in [2.05, 4.69) is 6.07 Å². The smallest absolute Gasteiger partial charge is 0.110 e. The molecule has 1 aromatic carbocycles. The van der Waals surface area contributed by atoms with Crippen LogP contribution in [-0.4, -0.2) is 34.7 Å². The second kappa shape index (κ2) is 4.25. The number of β-amino-alcohol motifs (C(OH)–C–C–N with tert-alkyl or cyclic N) is 1. The molecule has 0 spiro atoms. The molecule has 0 radical (unpaired) electrons. The Balaban J connectivity index is 2.09. The average Bonchev–Trinajstić information content (AvgIpc) is 2.26. The van der Waals surface area contributed by atoms with Gasteiger partial charge in [-0.25, -0.2) is 0 Å². The van der Waals surface area contributed by atoms with E-state index in [1.54, 1.807) is 0 Å². The van der Waals surface area contributed by atoms with Crippen LogP contribution in [0.2, 0.25) is 0 Å². The summed E-state index contributed by atoms with van der Waals surface area (Å²) in [6.45, 7) is 3.15. The third-order valence-corrected chi connectivity index (χ3v) is 3.19. The minimum Gasteiger partial charge on any atom is -0.390 e. The third kappa shape index (κ3) is 2.08. The molecule has 1 aliphatic rings. The summed E-state index contributed by atoms with van der Waals surface area (Å²) >= 11 is 0. The molecule has 0 aromatic heterocycles. The normalized spacial score (nSPS) is 20.8. The van der Waals surface area contributed by atoms with Crippen molar-refractivity contribution in [1.82, 2.24) is 4.90 Å². The highest BCUT2D eigenvalue weighted by molar-refractivity contribution is 5.22. The molecule has 1 aliphatic heterocycles. The molecule has 0 aliphatic carbocycles. The topological polar surface area (TPSA) is 47.3 Å². The number of rotatable bonds is 3. The zero-order valence-electron chi connectivity index (χ0n) is 9.43. The van der Waals surface area contributed by atoms with Crippen LogP contribution in [0.3, 0.4) is 0 Å². The molecule has 0 unspecified atom stereocenters. The van der Waals surface area contributed by atoms with Gasteiger partial charge in [0.2, 0.25) is 0 Å². The van der Waals surface area contributed by atoms with E-state index in [1.807, 2.05) is 42.2 Å². The van der Waals surface area contributed by atoms with Crippen LogP contribution < -0.4 is 0 Å². The van der Waals surface area contributed by atoms with Crippen molar-refractivity contribution in [3.05, 3.63) is 35.9 Å². The van der Waals surface area contributed by atoms with Gasteiger partial charge in [-0.3, -0.25) is 4.90 Å². The number of hydrogen-bond donors (Lipinski definition) is 1. The minimum atomic E-state index is -0.499. The molecular formula is C13H16N2O. The number of benzene rings is 1. The molecule has 3 heteroatoms. The van der Waals surface area contributed by atoms with Crippen molar-refractivity contribution < 1.29 is 5.11 Å². The molecule has 1 saturated heterocycles. The lowest BCUT2D eigenvalue weighted by Crippen LogP contribution is -2.61. The molecule has 1 N–H and O–H groups in total. The van der Waals surface area contributed by atoms with Gasteiger partial charge in [0.15, 0.2) is 0 Å². The quantitative estimate of drug-likeness (QED) is 0.825. The molecule has 1 heterocycles. The number of nitriles is 1. The van der Waals surface area contributed by atoms with Crippen LogP contribution in [0.1, 0.15) is 12.5 Å². The van der Waals surface area contributed by atoms with Crippen LogP contribution in [0, 0.1) is 11.3 Å². The van der Waals surface area contributed by atoms with Crippen molar-refractivity contribution in [2.75, 3.05) is 13.1 Å². The number of aliphatic hydroxyl groups excluding tert-OH is 1. The van der Waals surface area contributed by atoms with E-state index >= 15 is 0 Å². The van der Waals surface area contributed by atoms with Gasteiger partial charge in [-0.05, 0) is 12.5 Å². The molecule has 0 bridgehead atoms. The van der Waals surface area contributed by atoms with Crippen LogP contribution in [-0.2, 0) is 6.42 Å². The number of hydrogen-bond acceptors (Lipinski definition) is 3. The first kappa shape index (κ1) is 11.1. The minimum absolute atomic E-state index is 0.261. The zero-order valence-corrected chi connectivity index (χ0v) is 9.43. The second-order valence-electron chi connectivity index (χ2n) is 4.61. The van der Waals surface area contributed by atoms with Crippen LogP contribution in [0.4, 0.5) is 0 Å². The van der Waals surface area contributed by atoms with Crippen LogP contribution >= 0.6 is 0 Å². The lowest BCUT2D eigenvalue weighted by molar-refractivity contribution is -0.0419.